The molecule has 0 amide bonds. The van der Waals surface area contributed by atoms with E-state index in [2.05, 4.69) is 5.92 Å². The molecule has 0 unspecified atom stereocenters. The summed E-state index contributed by atoms with van der Waals surface area (Å²) < 4.78 is 10.5. The molecule has 14 heavy (non-hydrogen) atoms. The van der Waals surface area contributed by atoms with E-state index in [4.69, 9.17) is 21.6 Å². The molecule has 0 fully saturated rings. The van der Waals surface area contributed by atoms with Gasteiger partial charge >= 0.3 is 0 Å². The third-order valence-corrected chi connectivity index (χ3v) is 1.80. The van der Waals surface area contributed by atoms with Crippen molar-refractivity contribution < 1.29 is 9.47 Å². The standard InChI is InChI=1S/C11H13NO2/c1-3-7-14-11-9(8-12)5-4-6-10(11)13-2/h1,4-6H,7-8,12H2,2H3. The topological polar surface area (TPSA) is 44.5 Å². The van der Waals surface area contributed by atoms with Crippen molar-refractivity contribution in [1.29, 1.82) is 0 Å². The van der Waals surface area contributed by atoms with Crippen molar-refractivity contribution in [2.45, 2.75) is 6.54 Å². The number of terminal acetylenes is 1. The molecule has 74 valence electrons. The van der Waals surface area contributed by atoms with Gasteiger partial charge in [-0.2, -0.15) is 0 Å². The molecule has 3 nitrogen and oxygen atoms in total. The fraction of sp³-hybridized carbons (Fsp3) is 0.273. The Bertz CT molecular complexity index is 319. The molecule has 0 spiro atoms. The van der Waals surface area contributed by atoms with Crippen LogP contribution >= 0.6 is 0 Å². The average molecular weight is 191 g/mol. The van der Waals surface area contributed by atoms with Gasteiger partial charge in [-0.25, -0.2) is 0 Å². The van der Waals surface area contributed by atoms with E-state index in [-0.39, 0.29) is 6.61 Å². The van der Waals surface area contributed by atoms with Crippen molar-refractivity contribution in [3.8, 4) is 23.8 Å². The van der Waals surface area contributed by atoms with Crippen molar-refractivity contribution in [1.82, 2.24) is 0 Å². The molecular weight excluding hydrogens is 178 g/mol. The van der Waals surface area contributed by atoms with Crippen molar-refractivity contribution in [3.05, 3.63) is 23.8 Å². The summed E-state index contributed by atoms with van der Waals surface area (Å²) in [6.45, 7) is 0.616. The normalized spacial score (nSPS) is 9.21. The van der Waals surface area contributed by atoms with Crippen LogP contribution in [0, 0.1) is 12.3 Å². The van der Waals surface area contributed by atoms with Crippen LogP contribution in [0.1, 0.15) is 5.56 Å². The summed E-state index contributed by atoms with van der Waals surface area (Å²) >= 11 is 0. The molecule has 3 heteroatoms. The van der Waals surface area contributed by atoms with Crippen LogP contribution in [0.15, 0.2) is 18.2 Å². The molecule has 0 bridgehead atoms. The third kappa shape index (κ3) is 2.18. The van der Waals surface area contributed by atoms with Crippen molar-refractivity contribution in [2.24, 2.45) is 5.73 Å². The Labute approximate surface area is 83.8 Å². The summed E-state index contributed by atoms with van der Waals surface area (Å²) in [4.78, 5) is 0. The number of ether oxygens (including phenoxy) is 2. The van der Waals surface area contributed by atoms with Gasteiger partial charge in [0.25, 0.3) is 0 Å². The summed E-state index contributed by atoms with van der Waals surface area (Å²) in [6.07, 6.45) is 5.11. The van der Waals surface area contributed by atoms with E-state index in [0.717, 1.165) is 5.56 Å². The zero-order valence-corrected chi connectivity index (χ0v) is 8.12. The number of benzene rings is 1. The Hall–Kier alpha value is -1.66. The lowest BCUT2D eigenvalue weighted by Crippen LogP contribution is -2.04. The number of hydrogen-bond acceptors (Lipinski definition) is 3. The first-order chi connectivity index (χ1) is 6.83. The van der Waals surface area contributed by atoms with Crippen LogP contribution in [0.3, 0.4) is 0 Å². The molecule has 1 aromatic carbocycles. The minimum absolute atomic E-state index is 0.216. The second kappa shape index (κ2) is 5.15. The monoisotopic (exact) mass is 191 g/mol. The SMILES string of the molecule is C#CCOc1c(CN)cccc1OC. The van der Waals surface area contributed by atoms with Gasteiger partial charge in [0.2, 0.25) is 0 Å². The molecule has 0 aliphatic carbocycles. The lowest BCUT2D eigenvalue weighted by molar-refractivity contribution is 0.327. The largest absolute Gasteiger partial charge is 0.493 e. The number of hydrogen-bond donors (Lipinski definition) is 1. The highest BCUT2D eigenvalue weighted by Gasteiger charge is 2.08. The molecule has 0 heterocycles. The van der Waals surface area contributed by atoms with E-state index in [1.807, 2.05) is 18.2 Å². The maximum Gasteiger partial charge on any atom is 0.167 e. The summed E-state index contributed by atoms with van der Waals surface area (Å²) in [5.74, 6) is 3.69. The number of rotatable bonds is 4. The summed E-state index contributed by atoms with van der Waals surface area (Å²) in [5.41, 5.74) is 6.45. The molecular formula is C11H13NO2. The van der Waals surface area contributed by atoms with Gasteiger partial charge in [-0.3, -0.25) is 0 Å². The molecule has 0 saturated heterocycles. The van der Waals surface area contributed by atoms with Gasteiger partial charge < -0.3 is 15.2 Å². The predicted molar refractivity (Wildman–Crippen MR) is 55.2 cm³/mol. The highest BCUT2D eigenvalue weighted by molar-refractivity contribution is 5.46. The van der Waals surface area contributed by atoms with E-state index in [1.54, 1.807) is 7.11 Å². The van der Waals surface area contributed by atoms with E-state index < -0.39 is 0 Å². The minimum atomic E-state index is 0.216. The molecule has 0 aliphatic rings. The maximum atomic E-state index is 5.56. The zero-order chi connectivity index (χ0) is 10.4. The van der Waals surface area contributed by atoms with Gasteiger partial charge in [-0.1, -0.05) is 18.1 Å². The van der Waals surface area contributed by atoms with E-state index in [9.17, 15) is 0 Å². The molecule has 0 aromatic heterocycles. The van der Waals surface area contributed by atoms with Gasteiger partial charge in [0, 0.05) is 12.1 Å². The molecule has 1 aromatic rings. The van der Waals surface area contributed by atoms with Gasteiger partial charge in [0.15, 0.2) is 11.5 Å². The van der Waals surface area contributed by atoms with Gasteiger partial charge in [-0.05, 0) is 6.07 Å². The number of nitrogens with two attached hydrogens (primary N) is 1. The van der Waals surface area contributed by atoms with Gasteiger partial charge in [0.1, 0.15) is 6.61 Å². The van der Waals surface area contributed by atoms with Crippen LogP contribution in [-0.4, -0.2) is 13.7 Å². The maximum absolute atomic E-state index is 5.56. The number of methoxy groups -OCH3 is 1. The first-order valence-corrected chi connectivity index (χ1v) is 4.25. The molecule has 0 atom stereocenters. The van der Waals surface area contributed by atoms with Gasteiger partial charge in [0.05, 0.1) is 7.11 Å². The Morgan fingerprint density at radius 1 is 1.50 bits per heavy atom. The predicted octanol–water partition coefficient (Wildman–Crippen LogP) is 1.17. The van der Waals surface area contributed by atoms with Crippen LogP contribution in [0.5, 0.6) is 11.5 Å². The first kappa shape index (κ1) is 10.4. The van der Waals surface area contributed by atoms with Crippen LogP contribution in [0.25, 0.3) is 0 Å². The molecule has 0 radical (unpaired) electrons. The van der Waals surface area contributed by atoms with Crippen molar-refractivity contribution >= 4 is 0 Å². The fourth-order valence-electron chi connectivity index (χ4n) is 1.16. The van der Waals surface area contributed by atoms with Crippen molar-refractivity contribution in [3.63, 3.8) is 0 Å². The number of para-hydroxylation sites is 1. The Morgan fingerprint density at radius 3 is 2.86 bits per heavy atom. The Balaban J connectivity index is 3.00. The summed E-state index contributed by atoms with van der Waals surface area (Å²) in [6, 6.07) is 5.56. The Morgan fingerprint density at radius 2 is 2.29 bits per heavy atom. The van der Waals surface area contributed by atoms with E-state index >= 15 is 0 Å². The van der Waals surface area contributed by atoms with E-state index in [1.165, 1.54) is 0 Å². The first-order valence-electron chi connectivity index (χ1n) is 4.25. The molecule has 2 N–H and O–H groups in total. The fourth-order valence-corrected chi connectivity index (χ4v) is 1.16. The van der Waals surface area contributed by atoms with Crippen LogP contribution < -0.4 is 15.2 Å². The third-order valence-electron chi connectivity index (χ3n) is 1.80. The molecule has 0 saturated carbocycles. The average Bonchev–Trinajstić information content (AvgIpc) is 2.25. The second-order valence-electron chi connectivity index (χ2n) is 2.65. The highest BCUT2D eigenvalue weighted by Crippen LogP contribution is 2.30. The highest BCUT2D eigenvalue weighted by atomic mass is 16.5. The summed E-state index contributed by atoms with van der Waals surface area (Å²) in [5, 5.41) is 0. The minimum Gasteiger partial charge on any atom is -0.493 e. The van der Waals surface area contributed by atoms with Crippen LogP contribution in [-0.2, 0) is 6.54 Å². The lowest BCUT2D eigenvalue weighted by atomic mass is 10.2. The summed E-state index contributed by atoms with van der Waals surface area (Å²) in [7, 11) is 1.58. The van der Waals surface area contributed by atoms with Crippen molar-refractivity contribution in [2.75, 3.05) is 13.7 Å². The second-order valence-corrected chi connectivity index (χ2v) is 2.65. The van der Waals surface area contributed by atoms with Crippen LogP contribution in [0.4, 0.5) is 0 Å². The molecule has 1 rings (SSSR count). The lowest BCUT2D eigenvalue weighted by Gasteiger charge is -2.12. The quantitative estimate of drug-likeness (QED) is 0.726. The van der Waals surface area contributed by atoms with E-state index in [0.29, 0.717) is 18.0 Å². The van der Waals surface area contributed by atoms with Crippen LogP contribution in [0.2, 0.25) is 0 Å². The Kier molecular flexibility index (Phi) is 3.84. The zero-order valence-electron chi connectivity index (χ0n) is 8.12. The molecule has 0 aliphatic heterocycles. The smallest absolute Gasteiger partial charge is 0.167 e. The van der Waals surface area contributed by atoms with Gasteiger partial charge in [-0.15, -0.1) is 6.42 Å².